The van der Waals surface area contributed by atoms with Crippen LogP contribution in [0.25, 0.3) is 0 Å². The van der Waals surface area contributed by atoms with E-state index < -0.39 is 21.4 Å². The van der Waals surface area contributed by atoms with E-state index in [0.717, 1.165) is 11.3 Å². The van der Waals surface area contributed by atoms with Crippen molar-refractivity contribution in [2.45, 2.75) is 50.3 Å². The van der Waals surface area contributed by atoms with Crippen molar-refractivity contribution < 1.29 is 28.5 Å². The molecule has 2 aliphatic rings. The molecule has 10 heteroatoms. The number of nitrogens with one attached hydrogen (secondary N) is 1. The highest BCUT2D eigenvalue weighted by Gasteiger charge is 2.48. The predicted molar refractivity (Wildman–Crippen MR) is 125 cm³/mol. The van der Waals surface area contributed by atoms with Crippen LogP contribution in [0.15, 0.2) is 48.6 Å². The van der Waals surface area contributed by atoms with Crippen molar-refractivity contribution in [1.82, 2.24) is 10.2 Å². The van der Waals surface area contributed by atoms with Crippen LogP contribution < -0.4 is 5.32 Å². The second-order valence-electron chi connectivity index (χ2n) is 8.59. The Labute approximate surface area is 186 Å². The smallest absolute Gasteiger partial charge is 0.228 e. The van der Waals surface area contributed by atoms with Gasteiger partial charge >= 0.3 is 0 Å². The molecule has 0 aromatic carbocycles. The van der Waals surface area contributed by atoms with Crippen molar-refractivity contribution in [2.24, 2.45) is 5.92 Å². The quantitative estimate of drug-likeness (QED) is 0.185. The van der Waals surface area contributed by atoms with E-state index in [1.165, 1.54) is 0 Å². The highest BCUT2D eigenvalue weighted by atomic mass is 31.2. The molecule has 1 aliphatic heterocycles. The van der Waals surface area contributed by atoms with Crippen molar-refractivity contribution in [3.8, 4) is 0 Å². The van der Waals surface area contributed by atoms with Gasteiger partial charge in [-0.2, -0.15) is 4.67 Å². The van der Waals surface area contributed by atoms with Crippen LogP contribution in [0.3, 0.4) is 0 Å². The molecule has 31 heavy (non-hydrogen) atoms. The highest BCUT2D eigenvalue weighted by molar-refractivity contribution is 7.64. The molecule has 2 rings (SSSR count). The van der Waals surface area contributed by atoms with Gasteiger partial charge in [0.05, 0.1) is 13.2 Å². The molecule has 1 fully saturated rings. The van der Waals surface area contributed by atoms with Crippen molar-refractivity contribution in [3.05, 3.63) is 48.6 Å². The van der Waals surface area contributed by atoms with Crippen LogP contribution in [0.5, 0.6) is 0 Å². The molecule has 1 aliphatic carbocycles. The minimum Gasteiger partial charge on any atom is -0.381 e. The normalized spacial score (nSPS) is 26.4. The van der Waals surface area contributed by atoms with Gasteiger partial charge in [0, 0.05) is 43.6 Å². The Morgan fingerprint density at radius 2 is 2.10 bits per heavy atom. The Hall–Kier alpha value is -1.14. The first-order valence-electron chi connectivity index (χ1n) is 10.3. The van der Waals surface area contributed by atoms with Gasteiger partial charge in [-0.25, -0.2) is 5.26 Å². The lowest BCUT2D eigenvalue weighted by atomic mass is 10.0. The number of hydrogen-bond donors (Lipinski definition) is 2. The number of rotatable bonds is 12. The van der Waals surface area contributed by atoms with Gasteiger partial charge in [0.15, 0.2) is 6.23 Å². The number of nitrogens with zero attached hydrogens (tertiary/aromatic N) is 1. The van der Waals surface area contributed by atoms with Crippen LogP contribution in [0.1, 0.15) is 26.7 Å². The molecule has 2 N–H and O–H groups in total. The maximum absolute atomic E-state index is 13.3. The zero-order valence-corrected chi connectivity index (χ0v) is 20.9. The number of ether oxygens (including phenoxy) is 2. The second kappa shape index (κ2) is 11.1. The lowest BCUT2D eigenvalue weighted by Crippen LogP contribution is -2.38. The summed E-state index contributed by atoms with van der Waals surface area (Å²) in [5.41, 5.74) is 1.52. The van der Waals surface area contributed by atoms with Gasteiger partial charge in [0.2, 0.25) is 8.03 Å². The van der Waals surface area contributed by atoms with Crippen LogP contribution >= 0.6 is 15.2 Å². The summed E-state index contributed by atoms with van der Waals surface area (Å²) in [7, 11) is -1.74. The van der Waals surface area contributed by atoms with Crippen LogP contribution in [0, 0.1) is 5.92 Å². The molecule has 0 saturated heterocycles. The maximum Gasteiger partial charge on any atom is 0.228 e. The molecular weight excluding hydrogens is 438 g/mol. The van der Waals surface area contributed by atoms with E-state index in [1.54, 1.807) is 14.2 Å². The lowest BCUT2D eigenvalue weighted by molar-refractivity contribution is -0.130. The minimum absolute atomic E-state index is 0.0260. The maximum atomic E-state index is 13.3. The van der Waals surface area contributed by atoms with Gasteiger partial charge in [-0.05, 0) is 37.6 Å². The van der Waals surface area contributed by atoms with Crippen LogP contribution in [0.4, 0.5) is 0 Å². The van der Waals surface area contributed by atoms with Gasteiger partial charge in [-0.3, -0.25) is 4.57 Å². The fourth-order valence-electron chi connectivity index (χ4n) is 3.66. The second-order valence-corrected chi connectivity index (χ2v) is 13.9. The average Bonchev–Trinajstić information content (AvgIpc) is 3.50. The molecule has 6 atom stereocenters. The summed E-state index contributed by atoms with van der Waals surface area (Å²) in [5, 5.41) is 11.8. The minimum atomic E-state index is -2.50. The SMILES string of the molecule is C=C1C=CN([C@@H](/C=C(\CC(OC)C2CC2[PH](=O)OO)CP(C)(=O)C(C)C)OC)C(=C)N1. The van der Waals surface area contributed by atoms with E-state index in [2.05, 4.69) is 23.1 Å². The van der Waals surface area contributed by atoms with Crippen LogP contribution in [-0.4, -0.2) is 60.9 Å². The molecule has 0 aromatic heterocycles. The topological polar surface area (TPSA) is 97.3 Å². The van der Waals surface area contributed by atoms with E-state index >= 15 is 0 Å². The molecule has 1 heterocycles. The van der Waals surface area contributed by atoms with Gasteiger partial charge in [0.1, 0.15) is 5.82 Å². The Morgan fingerprint density at radius 1 is 1.42 bits per heavy atom. The average molecular weight is 474 g/mol. The highest BCUT2D eigenvalue weighted by Crippen LogP contribution is 2.54. The Morgan fingerprint density at radius 3 is 2.61 bits per heavy atom. The Kier molecular flexibility index (Phi) is 9.38. The van der Waals surface area contributed by atoms with E-state index in [1.807, 2.05) is 43.8 Å². The van der Waals surface area contributed by atoms with Crippen LogP contribution in [0.2, 0.25) is 0 Å². The third kappa shape index (κ3) is 6.92. The van der Waals surface area contributed by atoms with Crippen molar-refractivity contribution in [3.63, 3.8) is 0 Å². The molecule has 0 bridgehead atoms. The Bertz CT molecular complexity index is 810. The van der Waals surface area contributed by atoms with Crippen molar-refractivity contribution in [2.75, 3.05) is 27.0 Å². The lowest BCUT2D eigenvalue weighted by Gasteiger charge is -2.33. The van der Waals surface area contributed by atoms with Gasteiger partial charge in [-0.15, -0.1) is 0 Å². The van der Waals surface area contributed by atoms with E-state index in [4.69, 9.17) is 14.7 Å². The zero-order valence-electron chi connectivity index (χ0n) is 19.0. The van der Waals surface area contributed by atoms with Gasteiger partial charge in [0.25, 0.3) is 0 Å². The van der Waals surface area contributed by atoms with E-state index in [-0.39, 0.29) is 23.3 Å². The molecule has 0 aromatic rings. The first-order chi connectivity index (χ1) is 14.5. The number of allylic oxidation sites excluding steroid dienone is 1. The van der Waals surface area contributed by atoms with E-state index in [9.17, 15) is 9.13 Å². The first kappa shape index (κ1) is 26.1. The van der Waals surface area contributed by atoms with Crippen LogP contribution in [-0.2, 0) is 23.3 Å². The summed E-state index contributed by atoms with van der Waals surface area (Å²) < 4.78 is 40.6. The predicted octanol–water partition coefficient (Wildman–Crippen LogP) is 4.45. The summed E-state index contributed by atoms with van der Waals surface area (Å²) >= 11 is 0. The molecule has 0 spiro atoms. The van der Waals surface area contributed by atoms with Crippen molar-refractivity contribution in [1.29, 1.82) is 0 Å². The summed E-state index contributed by atoms with van der Waals surface area (Å²) in [6, 6.07) is 0. The number of methoxy groups -OCH3 is 2. The summed E-state index contributed by atoms with van der Waals surface area (Å²) in [6.07, 6.45) is 6.56. The monoisotopic (exact) mass is 474 g/mol. The third-order valence-corrected chi connectivity index (χ3v) is 10.7. The third-order valence-electron chi connectivity index (χ3n) is 6.03. The fraction of sp³-hybridized carbons (Fsp3) is 0.619. The molecule has 1 saturated carbocycles. The van der Waals surface area contributed by atoms with Gasteiger partial charge in [-0.1, -0.05) is 32.6 Å². The molecule has 0 amide bonds. The first-order valence-corrected chi connectivity index (χ1v) is 14.1. The van der Waals surface area contributed by atoms with Crippen molar-refractivity contribution >= 4 is 15.2 Å². The number of hydrogen-bond acceptors (Lipinski definition) is 8. The zero-order chi connectivity index (χ0) is 23.3. The largest absolute Gasteiger partial charge is 0.381 e. The summed E-state index contributed by atoms with van der Waals surface area (Å²) in [6.45, 7) is 13.6. The molecular formula is C21H36N2O6P2. The molecule has 176 valence electrons. The van der Waals surface area contributed by atoms with Gasteiger partial charge < -0.3 is 24.3 Å². The summed E-state index contributed by atoms with van der Waals surface area (Å²) in [5.74, 6) is 0.654. The fourth-order valence-corrected chi connectivity index (χ4v) is 6.23. The standard InChI is InChI=1S/C21H36N2O6P2/c1-14(2)31(7,26)13-17(10-19(27-5)18-12-20(18)30(25)29-24)11-21(28-6)23-9-8-15(3)22-16(23)4/h8-9,11,14,18-22,24,30H,3-4,10,12-13H2,1-2,5-7H3/b17-11+/t18?,19?,20?,21-,31?/m1/s1. The Balaban J connectivity index is 2.29. The summed E-state index contributed by atoms with van der Waals surface area (Å²) in [4.78, 5) is 1.84. The molecule has 5 unspecified atom stereocenters. The molecule has 0 radical (unpaired) electrons. The molecule has 8 nitrogen and oxygen atoms in total. The van der Waals surface area contributed by atoms with E-state index in [0.29, 0.717) is 24.8 Å².